The molecule has 1 aromatic carbocycles. The van der Waals surface area contributed by atoms with Crippen molar-refractivity contribution in [3.63, 3.8) is 0 Å². The second-order valence-electron chi connectivity index (χ2n) is 6.58. The van der Waals surface area contributed by atoms with Gasteiger partial charge in [0.05, 0.1) is 18.8 Å². The summed E-state index contributed by atoms with van der Waals surface area (Å²) in [5.74, 6) is 2.25. The van der Waals surface area contributed by atoms with E-state index in [1.54, 1.807) is 12.5 Å². The molecule has 0 saturated carbocycles. The number of guanidine groups is 1. The zero-order valence-corrected chi connectivity index (χ0v) is 16.6. The average molecular weight is 381 g/mol. The standard InChI is InChI=1S/C21H27N5O2/c1-4-22-21(24-14-18(26(2)3)19-11-8-12-27-19)23-13-17-15-28-20(25-17)16-9-6-5-7-10-16/h5-12,15,18H,4,13-14H2,1-3H3,(H2,22,23,24). The van der Waals surface area contributed by atoms with Gasteiger partial charge in [-0.3, -0.25) is 4.90 Å². The lowest BCUT2D eigenvalue weighted by Gasteiger charge is -2.23. The molecule has 0 saturated heterocycles. The third-order valence-electron chi connectivity index (χ3n) is 4.27. The van der Waals surface area contributed by atoms with E-state index in [1.807, 2.05) is 63.5 Å². The lowest BCUT2D eigenvalue weighted by atomic mass is 10.2. The van der Waals surface area contributed by atoms with E-state index in [4.69, 9.17) is 8.83 Å². The number of aromatic nitrogens is 1. The van der Waals surface area contributed by atoms with Crippen molar-refractivity contribution in [3.8, 4) is 11.5 Å². The van der Waals surface area contributed by atoms with E-state index in [2.05, 4.69) is 25.5 Å². The van der Waals surface area contributed by atoms with Crippen LogP contribution < -0.4 is 10.6 Å². The SMILES string of the molecule is CCNC(=NCc1coc(-c2ccccc2)n1)NCC(c1ccco1)N(C)C. The van der Waals surface area contributed by atoms with Gasteiger partial charge in [-0.15, -0.1) is 0 Å². The van der Waals surface area contributed by atoms with Crippen LogP contribution in [-0.4, -0.2) is 43.0 Å². The highest BCUT2D eigenvalue weighted by atomic mass is 16.3. The Bertz CT molecular complexity index is 856. The number of aliphatic imine (C=N–C) groups is 1. The Labute approximate surface area is 165 Å². The van der Waals surface area contributed by atoms with Crippen molar-refractivity contribution in [1.29, 1.82) is 0 Å². The van der Waals surface area contributed by atoms with Crippen LogP contribution in [0.4, 0.5) is 0 Å². The van der Waals surface area contributed by atoms with Crippen LogP contribution in [0.15, 0.2) is 68.8 Å². The van der Waals surface area contributed by atoms with Crippen LogP contribution in [0.5, 0.6) is 0 Å². The van der Waals surface area contributed by atoms with E-state index in [-0.39, 0.29) is 6.04 Å². The highest BCUT2D eigenvalue weighted by Crippen LogP contribution is 2.19. The molecule has 7 heteroatoms. The topological polar surface area (TPSA) is 78.8 Å². The van der Waals surface area contributed by atoms with Crippen molar-refractivity contribution in [3.05, 3.63) is 66.4 Å². The quantitative estimate of drug-likeness (QED) is 0.460. The average Bonchev–Trinajstić information content (AvgIpc) is 3.39. The summed E-state index contributed by atoms with van der Waals surface area (Å²) < 4.78 is 11.1. The van der Waals surface area contributed by atoms with Gasteiger partial charge in [-0.25, -0.2) is 9.98 Å². The van der Waals surface area contributed by atoms with Crippen LogP contribution in [0.2, 0.25) is 0 Å². The van der Waals surface area contributed by atoms with Gasteiger partial charge in [0, 0.05) is 18.7 Å². The Hall–Kier alpha value is -3.06. The maximum absolute atomic E-state index is 5.58. The van der Waals surface area contributed by atoms with Gasteiger partial charge in [-0.2, -0.15) is 0 Å². The van der Waals surface area contributed by atoms with E-state index >= 15 is 0 Å². The summed E-state index contributed by atoms with van der Waals surface area (Å²) >= 11 is 0. The number of nitrogens with one attached hydrogen (secondary N) is 2. The van der Waals surface area contributed by atoms with E-state index in [0.717, 1.165) is 29.5 Å². The van der Waals surface area contributed by atoms with Crippen molar-refractivity contribution in [1.82, 2.24) is 20.5 Å². The predicted molar refractivity (Wildman–Crippen MR) is 110 cm³/mol. The Morgan fingerprint density at radius 1 is 1.11 bits per heavy atom. The van der Waals surface area contributed by atoms with Crippen LogP contribution in [0.1, 0.15) is 24.4 Å². The summed E-state index contributed by atoms with van der Waals surface area (Å²) in [6.07, 6.45) is 3.35. The van der Waals surface area contributed by atoms with Crippen molar-refractivity contribution in [2.24, 2.45) is 4.99 Å². The Morgan fingerprint density at radius 2 is 1.93 bits per heavy atom. The molecule has 2 aromatic heterocycles. The molecule has 1 unspecified atom stereocenters. The predicted octanol–water partition coefficient (Wildman–Crippen LogP) is 3.29. The molecular formula is C21H27N5O2. The zero-order chi connectivity index (χ0) is 19.8. The second-order valence-corrected chi connectivity index (χ2v) is 6.58. The summed E-state index contributed by atoms with van der Waals surface area (Å²) in [6, 6.07) is 13.8. The first-order valence-corrected chi connectivity index (χ1v) is 9.39. The number of rotatable bonds is 8. The third kappa shape index (κ3) is 5.23. The lowest BCUT2D eigenvalue weighted by molar-refractivity contribution is 0.258. The molecule has 2 N–H and O–H groups in total. The number of likely N-dealkylation sites (N-methyl/N-ethyl adjacent to an activating group) is 1. The third-order valence-corrected chi connectivity index (χ3v) is 4.27. The first-order valence-electron chi connectivity index (χ1n) is 9.39. The van der Waals surface area contributed by atoms with Gasteiger partial charge < -0.3 is 19.5 Å². The number of furan rings is 1. The molecule has 0 fully saturated rings. The minimum absolute atomic E-state index is 0.107. The molecule has 2 heterocycles. The van der Waals surface area contributed by atoms with Crippen LogP contribution in [0, 0.1) is 0 Å². The van der Waals surface area contributed by atoms with Crippen molar-refractivity contribution >= 4 is 5.96 Å². The van der Waals surface area contributed by atoms with Gasteiger partial charge in [0.15, 0.2) is 5.96 Å². The lowest BCUT2D eigenvalue weighted by Crippen LogP contribution is -2.41. The molecule has 0 aliphatic carbocycles. The zero-order valence-electron chi connectivity index (χ0n) is 16.6. The molecule has 0 bridgehead atoms. The van der Waals surface area contributed by atoms with E-state index < -0.39 is 0 Å². The van der Waals surface area contributed by atoms with E-state index in [9.17, 15) is 0 Å². The fourth-order valence-electron chi connectivity index (χ4n) is 2.81. The van der Waals surface area contributed by atoms with E-state index in [0.29, 0.717) is 19.0 Å². The number of hydrogen-bond donors (Lipinski definition) is 2. The van der Waals surface area contributed by atoms with Crippen LogP contribution in [-0.2, 0) is 6.54 Å². The van der Waals surface area contributed by atoms with Gasteiger partial charge in [0.2, 0.25) is 5.89 Å². The van der Waals surface area contributed by atoms with Gasteiger partial charge in [-0.05, 0) is 45.3 Å². The molecule has 7 nitrogen and oxygen atoms in total. The molecule has 0 aliphatic heterocycles. The largest absolute Gasteiger partial charge is 0.468 e. The van der Waals surface area contributed by atoms with Crippen LogP contribution in [0.3, 0.4) is 0 Å². The number of oxazole rings is 1. The normalized spacial score (nSPS) is 12.9. The van der Waals surface area contributed by atoms with Gasteiger partial charge >= 0.3 is 0 Å². The number of hydrogen-bond acceptors (Lipinski definition) is 5. The van der Waals surface area contributed by atoms with Gasteiger partial charge in [0.1, 0.15) is 17.7 Å². The highest BCUT2D eigenvalue weighted by Gasteiger charge is 2.17. The first kappa shape index (κ1) is 19.7. The monoisotopic (exact) mass is 381 g/mol. The smallest absolute Gasteiger partial charge is 0.226 e. The summed E-state index contributed by atoms with van der Waals surface area (Å²) in [4.78, 5) is 11.3. The molecule has 3 rings (SSSR count). The molecule has 3 aromatic rings. The Kier molecular flexibility index (Phi) is 6.86. The van der Waals surface area contributed by atoms with Gasteiger partial charge in [0.25, 0.3) is 0 Å². The summed E-state index contributed by atoms with van der Waals surface area (Å²) in [6.45, 7) is 3.91. The van der Waals surface area contributed by atoms with Crippen molar-refractivity contribution < 1.29 is 8.83 Å². The highest BCUT2D eigenvalue weighted by molar-refractivity contribution is 5.79. The summed E-state index contributed by atoms with van der Waals surface area (Å²) in [7, 11) is 4.05. The van der Waals surface area contributed by atoms with Crippen LogP contribution in [0.25, 0.3) is 11.5 Å². The first-order chi connectivity index (χ1) is 13.7. The molecule has 0 aliphatic rings. The number of benzene rings is 1. The molecular weight excluding hydrogens is 354 g/mol. The molecule has 0 radical (unpaired) electrons. The maximum Gasteiger partial charge on any atom is 0.226 e. The Morgan fingerprint density at radius 3 is 2.61 bits per heavy atom. The van der Waals surface area contributed by atoms with Gasteiger partial charge in [-0.1, -0.05) is 18.2 Å². The van der Waals surface area contributed by atoms with Crippen molar-refractivity contribution in [2.45, 2.75) is 19.5 Å². The van der Waals surface area contributed by atoms with Crippen molar-refractivity contribution in [2.75, 3.05) is 27.2 Å². The summed E-state index contributed by atoms with van der Waals surface area (Å²) in [5.41, 5.74) is 1.74. The Balaban J connectivity index is 1.63. The minimum Gasteiger partial charge on any atom is -0.468 e. The maximum atomic E-state index is 5.58. The van der Waals surface area contributed by atoms with Crippen LogP contribution >= 0.6 is 0 Å². The molecule has 28 heavy (non-hydrogen) atoms. The molecule has 1 atom stereocenters. The van der Waals surface area contributed by atoms with E-state index in [1.165, 1.54) is 0 Å². The molecule has 0 spiro atoms. The molecule has 0 amide bonds. The summed E-state index contributed by atoms with van der Waals surface area (Å²) in [5, 5.41) is 6.64. The second kappa shape index (κ2) is 9.75. The fraction of sp³-hybridized carbons (Fsp3) is 0.333. The number of nitrogens with zero attached hydrogens (tertiary/aromatic N) is 3. The minimum atomic E-state index is 0.107. The fourth-order valence-corrected chi connectivity index (χ4v) is 2.81. The molecule has 148 valence electrons.